The zero-order valence-corrected chi connectivity index (χ0v) is 12.1. The number of halogens is 1. The van der Waals surface area contributed by atoms with Gasteiger partial charge >= 0.3 is 0 Å². The summed E-state index contributed by atoms with van der Waals surface area (Å²) >= 11 is 3.35. The van der Waals surface area contributed by atoms with E-state index in [1.165, 1.54) is 0 Å². The summed E-state index contributed by atoms with van der Waals surface area (Å²) in [6.45, 7) is 5.20. The molecule has 0 saturated carbocycles. The van der Waals surface area contributed by atoms with Gasteiger partial charge in [0.2, 0.25) is 0 Å². The Kier molecular flexibility index (Phi) is 3.92. The number of nitrogens with two attached hydrogens (primary N) is 1. The second kappa shape index (κ2) is 5.28. The van der Waals surface area contributed by atoms with E-state index in [-0.39, 0.29) is 18.1 Å². The molecule has 0 bridgehead atoms. The van der Waals surface area contributed by atoms with Gasteiger partial charge in [-0.25, -0.2) is 0 Å². The van der Waals surface area contributed by atoms with Gasteiger partial charge in [0.05, 0.1) is 12.2 Å². The minimum absolute atomic E-state index is 0.00463. The first kappa shape index (κ1) is 13.4. The van der Waals surface area contributed by atoms with Crippen LogP contribution in [0.4, 0.5) is 5.69 Å². The quantitative estimate of drug-likeness (QED) is 0.809. The Balaban J connectivity index is 2.20. The number of nitrogen functional groups attached to an aromatic ring is 1. The third-order valence-electron chi connectivity index (χ3n) is 2.87. The third kappa shape index (κ3) is 3.03. The van der Waals surface area contributed by atoms with Crippen molar-refractivity contribution in [1.82, 2.24) is 4.90 Å². The number of benzene rings is 1. The minimum atomic E-state index is 0.00463. The standard InChI is InChI=1S/C13H17BrN2O2/c1-8-6-16(7-9(2)18-8)13(17)10-3-11(14)5-12(15)4-10/h3-5,8-9H,6-7,15H2,1-2H3/t8-,9+. The first-order valence-corrected chi connectivity index (χ1v) is 6.76. The molecule has 1 aliphatic rings. The largest absolute Gasteiger partial charge is 0.399 e. The predicted molar refractivity (Wildman–Crippen MR) is 74.5 cm³/mol. The monoisotopic (exact) mass is 312 g/mol. The van der Waals surface area contributed by atoms with E-state index in [0.29, 0.717) is 24.3 Å². The SMILES string of the molecule is C[C@@H]1CN(C(=O)c2cc(N)cc(Br)c2)C[C@H](C)O1. The molecule has 1 fully saturated rings. The molecule has 0 radical (unpaired) electrons. The lowest BCUT2D eigenvalue weighted by Gasteiger charge is -2.35. The van der Waals surface area contributed by atoms with Gasteiger partial charge < -0.3 is 15.4 Å². The van der Waals surface area contributed by atoms with Crippen LogP contribution in [0.5, 0.6) is 0 Å². The molecular weight excluding hydrogens is 296 g/mol. The van der Waals surface area contributed by atoms with Gasteiger partial charge in [-0.1, -0.05) is 15.9 Å². The number of anilines is 1. The number of carbonyl (C=O) groups excluding carboxylic acids is 1. The number of morpholine rings is 1. The van der Waals surface area contributed by atoms with Crippen LogP contribution in [0.2, 0.25) is 0 Å². The molecule has 1 amide bonds. The van der Waals surface area contributed by atoms with E-state index >= 15 is 0 Å². The second-order valence-corrected chi connectivity index (χ2v) is 5.66. The number of rotatable bonds is 1. The smallest absolute Gasteiger partial charge is 0.254 e. The molecule has 1 heterocycles. The molecule has 0 aliphatic carbocycles. The van der Waals surface area contributed by atoms with Crippen LogP contribution in [0.25, 0.3) is 0 Å². The van der Waals surface area contributed by atoms with Gasteiger partial charge in [0.15, 0.2) is 0 Å². The average molecular weight is 313 g/mol. The number of ether oxygens (including phenoxy) is 1. The topological polar surface area (TPSA) is 55.6 Å². The lowest BCUT2D eigenvalue weighted by molar-refractivity contribution is -0.0586. The van der Waals surface area contributed by atoms with Crippen molar-refractivity contribution < 1.29 is 9.53 Å². The highest BCUT2D eigenvalue weighted by molar-refractivity contribution is 9.10. The van der Waals surface area contributed by atoms with E-state index in [2.05, 4.69) is 15.9 Å². The summed E-state index contributed by atoms with van der Waals surface area (Å²) in [6.07, 6.45) is 0.143. The number of hydrogen-bond donors (Lipinski definition) is 1. The molecule has 2 atom stereocenters. The number of amides is 1. The number of hydrogen-bond acceptors (Lipinski definition) is 3. The van der Waals surface area contributed by atoms with Crippen LogP contribution in [0.1, 0.15) is 24.2 Å². The van der Waals surface area contributed by atoms with Crippen molar-refractivity contribution in [3.8, 4) is 0 Å². The molecule has 1 saturated heterocycles. The first-order valence-electron chi connectivity index (χ1n) is 5.96. The van der Waals surface area contributed by atoms with E-state index in [1.54, 1.807) is 18.2 Å². The Morgan fingerprint density at radius 3 is 2.50 bits per heavy atom. The Morgan fingerprint density at radius 2 is 1.94 bits per heavy atom. The molecule has 18 heavy (non-hydrogen) atoms. The zero-order chi connectivity index (χ0) is 13.3. The molecule has 0 spiro atoms. The molecule has 1 aromatic carbocycles. The summed E-state index contributed by atoms with van der Waals surface area (Å²) in [5.74, 6) is 0.00463. The van der Waals surface area contributed by atoms with Gasteiger partial charge in [0.25, 0.3) is 5.91 Å². The minimum Gasteiger partial charge on any atom is -0.399 e. The molecular formula is C13H17BrN2O2. The fraction of sp³-hybridized carbons (Fsp3) is 0.462. The second-order valence-electron chi connectivity index (χ2n) is 4.74. The molecule has 1 aliphatic heterocycles. The van der Waals surface area contributed by atoms with Crippen molar-refractivity contribution in [2.24, 2.45) is 0 Å². The van der Waals surface area contributed by atoms with Crippen LogP contribution < -0.4 is 5.73 Å². The van der Waals surface area contributed by atoms with Gasteiger partial charge in [-0.2, -0.15) is 0 Å². The van der Waals surface area contributed by atoms with Crippen molar-refractivity contribution in [2.45, 2.75) is 26.1 Å². The van der Waals surface area contributed by atoms with Crippen molar-refractivity contribution in [3.05, 3.63) is 28.2 Å². The fourth-order valence-corrected chi connectivity index (χ4v) is 2.77. The molecule has 98 valence electrons. The Hall–Kier alpha value is -1.07. The molecule has 5 heteroatoms. The normalized spacial score (nSPS) is 24.1. The summed E-state index contributed by atoms with van der Waals surface area (Å²) < 4.78 is 6.44. The van der Waals surface area contributed by atoms with Gasteiger partial charge in [0, 0.05) is 28.8 Å². The lowest BCUT2D eigenvalue weighted by atomic mass is 10.1. The van der Waals surface area contributed by atoms with Gasteiger partial charge in [-0.3, -0.25) is 4.79 Å². The van der Waals surface area contributed by atoms with E-state index in [4.69, 9.17) is 10.5 Å². The molecule has 0 aromatic heterocycles. The molecule has 4 nitrogen and oxygen atoms in total. The van der Waals surface area contributed by atoms with E-state index in [9.17, 15) is 4.79 Å². The maximum absolute atomic E-state index is 12.4. The van der Waals surface area contributed by atoms with Crippen molar-refractivity contribution in [3.63, 3.8) is 0 Å². The van der Waals surface area contributed by atoms with E-state index in [1.807, 2.05) is 18.7 Å². The summed E-state index contributed by atoms with van der Waals surface area (Å²) in [6, 6.07) is 5.28. The van der Waals surface area contributed by atoms with Crippen LogP contribution in [-0.4, -0.2) is 36.1 Å². The summed E-state index contributed by atoms with van der Waals surface area (Å²) in [4.78, 5) is 14.2. The van der Waals surface area contributed by atoms with Crippen LogP contribution in [0, 0.1) is 0 Å². The maximum atomic E-state index is 12.4. The molecule has 2 rings (SSSR count). The average Bonchev–Trinajstić information content (AvgIpc) is 2.25. The molecule has 2 N–H and O–H groups in total. The van der Waals surface area contributed by atoms with Gasteiger partial charge in [-0.05, 0) is 32.0 Å². The Bertz CT molecular complexity index is 434. The van der Waals surface area contributed by atoms with Crippen LogP contribution in [0.3, 0.4) is 0 Å². The fourth-order valence-electron chi connectivity index (χ4n) is 2.26. The van der Waals surface area contributed by atoms with Crippen LogP contribution in [0.15, 0.2) is 22.7 Å². The third-order valence-corrected chi connectivity index (χ3v) is 3.33. The predicted octanol–water partition coefficient (Wildman–Crippen LogP) is 2.28. The lowest BCUT2D eigenvalue weighted by Crippen LogP contribution is -2.48. The van der Waals surface area contributed by atoms with Gasteiger partial charge in [0.1, 0.15) is 0 Å². The Labute approximate surface area is 115 Å². The van der Waals surface area contributed by atoms with Gasteiger partial charge in [-0.15, -0.1) is 0 Å². The van der Waals surface area contributed by atoms with E-state index < -0.39 is 0 Å². The first-order chi connectivity index (χ1) is 8.45. The van der Waals surface area contributed by atoms with Crippen molar-refractivity contribution >= 4 is 27.5 Å². The van der Waals surface area contributed by atoms with Crippen molar-refractivity contribution in [1.29, 1.82) is 0 Å². The van der Waals surface area contributed by atoms with Crippen LogP contribution >= 0.6 is 15.9 Å². The van der Waals surface area contributed by atoms with E-state index in [0.717, 1.165) is 4.47 Å². The highest BCUT2D eigenvalue weighted by atomic mass is 79.9. The van der Waals surface area contributed by atoms with Crippen LogP contribution in [-0.2, 0) is 4.74 Å². The highest BCUT2D eigenvalue weighted by Gasteiger charge is 2.26. The summed E-state index contributed by atoms with van der Waals surface area (Å²) in [5, 5.41) is 0. The summed E-state index contributed by atoms with van der Waals surface area (Å²) in [5.41, 5.74) is 6.96. The number of carbonyl (C=O) groups is 1. The highest BCUT2D eigenvalue weighted by Crippen LogP contribution is 2.20. The zero-order valence-electron chi connectivity index (χ0n) is 10.5. The number of nitrogens with zero attached hydrogens (tertiary/aromatic N) is 1. The Morgan fingerprint density at radius 1 is 1.33 bits per heavy atom. The van der Waals surface area contributed by atoms with Crippen molar-refractivity contribution in [2.75, 3.05) is 18.8 Å². The molecule has 0 unspecified atom stereocenters. The summed E-state index contributed by atoms with van der Waals surface area (Å²) in [7, 11) is 0. The maximum Gasteiger partial charge on any atom is 0.254 e. The molecule has 1 aromatic rings.